The van der Waals surface area contributed by atoms with Gasteiger partial charge in [0.15, 0.2) is 0 Å². The zero-order valence-electron chi connectivity index (χ0n) is 6.76. The summed E-state index contributed by atoms with van der Waals surface area (Å²) in [6, 6.07) is 1.87. The predicted molar refractivity (Wildman–Crippen MR) is 47.4 cm³/mol. The maximum Gasteiger partial charge on any atom is 0.261 e. The third-order valence-corrected chi connectivity index (χ3v) is 2.46. The van der Waals surface area contributed by atoms with Crippen molar-refractivity contribution in [2.45, 2.75) is 6.92 Å². The molecule has 0 aliphatic rings. The van der Waals surface area contributed by atoms with E-state index in [1.807, 2.05) is 18.4 Å². The van der Waals surface area contributed by atoms with Crippen molar-refractivity contribution in [3.8, 4) is 0 Å². The molecular formula is C8H10FNOS. The van der Waals surface area contributed by atoms with E-state index in [2.05, 4.69) is 5.32 Å². The van der Waals surface area contributed by atoms with Crippen LogP contribution in [0.2, 0.25) is 0 Å². The van der Waals surface area contributed by atoms with Crippen LogP contribution in [-0.2, 0) is 0 Å². The van der Waals surface area contributed by atoms with Crippen LogP contribution in [0.25, 0.3) is 0 Å². The Morgan fingerprint density at radius 3 is 3.00 bits per heavy atom. The molecule has 0 aliphatic carbocycles. The average molecular weight is 187 g/mol. The van der Waals surface area contributed by atoms with Crippen molar-refractivity contribution >= 4 is 17.2 Å². The lowest BCUT2D eigenvalue weighted by atomic mass is 10.3. The van der Waals surface area contributed by atoms with Gasteiger partial charge in [-0.1, -0.05) is 0 Å². The molecule has 1 aromatic rings. The molecule has 66 valence electrons. The molecule has 1 N–H and O–H groups in total. The second-order valence-corrected chi connectivity index (χ2v) is 3.29. The summed E-state index contributed by atoms with van der Waals surface area (Å²) in [5, 5.41) is 4.32. The van der Waals surface area contributed by atoms with Crippen LogP contribution in [0.1, 0.15) is 15.2 Å². The van der Waals surface area contributed by atoms with Gasteiger partial charge in [0.25, 0.3) is 5.91 Å². The molecule has 0 spiro atoms. The minimum atomic E-state index is -0.518. The number of alkyl halides is 1. The average Bonchev–Trinajstić information content (AvgIpc) is 2.47. The van der Waals surface area contributed by atoms with Gasteiger partial charge in [-0.3, -0.25) is 4.79 Å². The van der Waals surface area contributed by atoms with Gasteiger partial charge in [-0.25, -0.2) is 4.39 Å². The summed E-state index contributed by atoms with van der Waals surface area (Å²) in [6.07, 6.45) is 0. The van der Waals surface area contributed by atoms with Crippen LogP contribution >= 0.6 is 11.3 Å². The number of carbonyl (C=O) groups is 1. The van der Waals surface area contributed by atoms with Crippen LogP contribution < -0.4 is 5.32 Å². The highest BCUT2D eigenvalue weighted by Gasteiger charge is 2.08. The molecule has 0 unspecified atom stereocenters. The number of carbonyl (C=O) groups excluding carboxylic acids is 1. The van der Waals surface area contributed by atoms with E-state index in [0.717, 1.165) is 5.56 Å². The Hall–Kier alpha value is -0.900. The van der Waals surface area contributed by atoms with Gasteiger partial charge in [0.05, 0.1) is 4.88 Å². The van der Waals surface area contributed by atoms with Crippen molar-refractivity contribution in [1.82, 2.24) is 5.32 Å². The lowest BCUT2D eigenvalue weighted by Gasteiger charge is -1.99. The first-order chi connectivity index (χ1) is 5.75. The van der Waals surface area contributed by atoms with Gasteiger partial charge in [-0.15, -0.1) is 11.3 Å². The number of rotatable bonds is 3. The van der Waals surface area contributed by atoms with Crippen LogP contribution in [0.5, 0.6) is 0 Å². The van der Waals surface area contributed by atoms with Crippen LogP contribution in [-0.4, -0.2) is 19.1 Å². The number of halogens is 1. The molecule has 1 amide bonds. The Balaban J connectivity index is 2.59. The molecule has 0 radical (unpaired) electrons. The molecule has 2 nitrogen and oxygen atoms in total. The fourth-order valence-corrected chi connectivity index (χ4v) is 1.69. The lowest BCUT2D eigenvalue weighted by Crippen LogP contribution is -2.25. The minimum absolute atomic E-state index is 0.0934. The molecule has 1 aromatic heterocycles. The molecule has 1 heterocycles. The van der Waals surface area contributed by atoms with E-state index in [0.29, 0.717) is 4.88 Å². The van der Waals surface area contributed by atoms with Gasteiger partial charge in [-0.05, 0) is 23.9 Å². The van der Waals surface area contributed by atoms with Gasteiger partial charge in [0.1, 0.15) is 6.67 Å². The van der Waals surface area contributed by atoms with E-state index < -0.39 is 6.67 Å². The predicted octanol–water partition coefficient (Wildman–Crippen LogP) is 1.76. The number of amides is 1. The summed E-state index contributed by atoms with van der Waals surface area (Å²) in [5.41, 5.74) is 0.941. The van der Waals surface area contributed by atoms with E-state index >= 15 is 0 Å². The van der Waals surface area contributed by atoms with Gasteiger partial charge in [-0.2, -0.15) is 0 Å². The van der Waals surface area contributed by atoms with Gasteiger partial charge in [0.2, 0.25) is 0 Å². The van der Waals surface area contributed by atoms with Crippen molar-refractivity contribution in [2.75, 3.05) is 13.2 Å². The second kappa shape index (κ2) is 4.21. The topological polar surface area (TPSA) is 29.1 Å². The third-order valence-electron chi connectivity index (χ3n) is 1.45. The first-order valence-corrected chi connectivity index (χ1v) is 4.52. The molecule has 0 saturated carbocycles. The molecule has 12 heavy (non-hydrogen) atoms. The largest absolute Gasteiger partial charge is 0.349 e. The number of aryl methyl sites for hydroxylation is 1. The van der Waals surface area contributed by atoms with Crippen molar-refractivity contribution in [3.05, 3.63) is 21.9 Å². The molecule has 0 fully saturated rings. The first kappa shape index (κ1) is 9.19. The summed E-state index contributed by atoms with van der Waals surface area (Å²) in [6.45, 7) is 1.44. The van der Waals surface area contributed by atoms with Crippen molar-refractivity contribution in [2.24, 2.45) is 0 Å². The second-order valence-electron chi connectivity index (χ2n) is 2.38. The Labute approximate surface area is 74.4 Å². The zero-order chi connectivity index (χ0) is 8.97. The van der Waals surface area contributed by atoms with Crippen LogP contribution in [0.15, 0.2) is 11.4 Å². The van der Waals surface area contributed by atoms with Crippen LogP contribution in [0.3, 0.4) is 0 Å². The highest BCUT2D eigenvalue weighted by atomic mass is 32.1. The van der Waals surface area contributed by atoms with Crippen molar-refractivity contribution in [3.63, 3.8) is 0 Å². The highest BCUT2D eigenvalue weighted by Crippen LogP contribution is 2.14. The molecule has 0 saturated heterocycles. The molecule has 1 rings (SSSR count). The van der Waals surface area contributed by atoms with Crippen molar-refractivity contribution in [1.29, 1.82) is 0 Å². The molecule has 0 atom stereocenters. The number of hydrogen-bond donors (Lipinski definition) is 1. The standard InChI is InChI=1S/C8H10FNOS/c1-6-2-5-12-7(6)8(11)10-4-3-9/h2,5H,3-4H2,1H3,(H,10,11). The minimum Gasteiger partial charge on any atom is -0.349 e. The van der Waals surface area contributed by atoms with E-state index in [9.17, 15) is 9.18 Å². The number of thiophene rings is 1. The lowest BCUT2D eigenvalue weighted by molar-refractivity contribution is 0.0954. The molecular weight excluding hydrogens is 177 g/mol. The third kappa shape index (κ3) is 2.04. The molecule has 0 aromatic carbocycles. The smallest absolute Gasteiger partial charge is 0.261 e. The molecule has 0 bridgehead atoms. The van der Waals surface area contributed by atoms with E-state index in [1.54, 1.807) is 0 Å². The fraction of sp³-hybridized carbons (Fsp3) is 0.375. The molecule has 4 heteroatoms. The Bertz CT molecular complexity index is 272. The number of hydrogen-bond acceptors (Lipinski definition) is 2. The summed E-state index contributed by atoms with van der Waals surface area (Å²) in [5.74, 6) is -0.180. The quantitative estimate of drug-likeness (QED) is 0.767. The maximum absolute atomic E-state index is 11.7. The van der Waals surface area contributed by atoms with Gasteiger partial charge < -0.3 is 5.32 Å². The Morgan fingerprint density at radius 1 is 1.75 bits per heavy atom. The van der Waals surface area contributed by atoms with Crippen molar-refractivity contribution < 1.29 is 9.18 Å². The Kier molecular flexibility index (Phi) is 3.22. The Morgan fingerprint density at radius 2 is 2.50 bits per heavy atom. The SMILES string of the molecule is Cc1ccsc1C(=O)NCCF. The highest BCUT2D eigenvalue weighted by molar-refractivity contribution is 7.12. The summed E-state index contributed by atoms with van der Waals surface area (Å²) in [4.78, 5) is 11.9. The number of nitrogens with one attached hydrogen (secondary N) is 1. The van der Waals surface area contributed by atoms with Gasteiger partial charge >= 0.3 is 0 Å². The van der Waals surface area contributed by atoms with Gasteiger partial charge in [0, 0.05) is 6.54 Å². The zero-order valence-corrected chi connectivity index (χ0v) is 7.58. The maximum atomic E-state index is 11.7. The normalized spacial score (nSPS) is 9.83. The first-order valence-electron chi connectivity index (χ1n) is 3.64. The van der Waals surface area contributed by atoms with E-state index in [-0.39, 0.29) is 12.5 Å². The van der Waals surface area contributed by atoms with E-state index in [1.165, 1.54) is 11.3 Å². The summed E-state index contributed by atoms with van der Waals surface area (Å²) >= 11 is 1.37. The molecule has 0 aliphatic heterocycles. The van der Waals surface area contributed by atoms with Crippen LogP contribution in [0, 0.1) is 6.92 Å². The fourth-order valence-electron chi connectivity index (χ4n) is 0.846. The monoisotopic (exact) mass is 187 g/mol. The van der Waals surface area contributed by atoms with Crippen LogP contribution in [0.4, 0.5) is 4.39 Å². The summed E-state index contributed by atoms with van der Waals surface area (Å²) < 4.78 is 11.7. The summed E-state index contributed by atoms with van der Waals surface area (Å²) in [7, 11) is 0. The van der Waals surface area contributed by atoms with E-state index in [4.69, 9.17) is 0 Å².